The van der Waals surface area contributed by atoms with E-state index in [-0.39, 0.29) is 5.56 Å². The van der Waals surface area contributed by atoms with E-state index in [1.165, 1.54) is 29.5 Å². The second-order valence-corrected chi connectivity index (χ2v) is 6.99. The molecule has 0 saturated carbocycles. The SMILES string of the molecule is Fc1cccc(F)c1C(Br)c1cc(Cl)c(Br)s1. The topological polar surface area (TPSA) is 0 Å². The Morgan fingerprint density at radius 2 is 1.82 bits per heavy atom. The molecular formula is C11H5Br2ClF2S. The number of rotatable bonds is 2. The van der Waals surface area contributed by atoms with Crippen molar-refractivity contribution < 1.29 is 8.78 Å². The van der Waals surface area contributed by atoms with Gasteiger partial charge in [0, 0.05) is 10.4 Å². The molecule has 1 heterocycles. The number of alkyl halides is 1. The third-order valence-electron chi connectivity index (χ3n) is 2.17. The van der Waals surface area contributed by atoms with Crippen LogP contribution in [0.2, 0.25) is 5.02 Å². The van der Waals surface area contributed by atoms with Crippen molar-refractivity contribution in [1.29, 1.82) is 0 Å². The maximum Gasteiger partial charge on any atom is 0.130 e. The molecule has 0 N–H and O–H groups in total. The summed E-state index contributed by atoms with van der Waals surface area (Å²) in [5.41, 5.74) is -0.00193. The molecule has 1 aromatic heterocycles. The van der Waals surface area contributed by atoms with Crippen molar-refractivity contribution in [1.82, 2.24) is 0 Å². The molecule has 1 unspecified atom stereocenters. The van der Waals surface area contributed by atoms with Gasteiger partial charge in [-0.25, -0.2) is 8.78 Å². The standard InChI is InChI=1S/C11H5Br2ClF2S/c12-10(8-4-5(14)11(13)17-8)9-6(15)2-1-3-7(9)16/h1-4,10H. The first-order valence-electron chi connectivity index (χ1n) is 4.53. The molecule has 0 bridgehead atoms. The van der Waals surface area contributed by atoms with Crippen LogP contribution >= 0.6 is 54.8 Å². The van der Waals surface area contributed by atoms with Crippen molar-refractivity contribution in [3.63, 3.8) is 0 Å². The predicted octanol–water partition coefficient (Wildman–Crippen LogP) is 5.93. The van der Waals surface area contributed by atoms with E-state index in [0.29, 0.717) is 5.02 Å². The molecule has 0 aliphatic carbocycles. The van der Waals surface area contributed by atoms with E-state index in [1.54, 1.807) is 6.07 Å². The molecule has 0 radical (unpaired) electrons. The van der Waals surface area contributed by atoms with Gasteiger partial charge in [0.25, 0.3) is 0 Å². The van der Waals surface area contributed by atoms with Crippen LogP contribution in [0.4, 0.5) is 8.78 Å². The Hall–Kier alpha value is 0.0300. The number of hydrogen-bond acceptors (Lipinski definition) is 1. The zero-order chi connectivity index (χ0) is 12.6. The molecule has 0 amide bonds. The van der Waals surface area contributed by atoms with Crippen molar-refractivity contribution >= 4 is 54.8 Å². The minimum Gasteiger partial charge on any atom is -0.207 e. The number of thiophene rings is 1. The van der Waals surface area contributed by atoms with Crippen LogP contribution in [-0.2, 0) is 0 Å². The van der Waals surface area contributed by atoms with Crippen molar-refractivity contribution in [2.75, 3.05) is 0 Å². The molecule has 90 valence electrons. The minimum absolute atomic E-state index is 0.00193. The zero-order valence-electron chi connectivity index (χ0n) is 8.18. The molecule has 1 aromatic carbocycles. The molecule has 1 atom stereocenters. The lowest BCUT2D eigenvalue weighted by Gasteiger charge is -2.10. The molecule has 2 rings (SSSR count). The fourth-order valence-corrected chi connectivity index (χ4v) is 3.97. The molecule has 0 aliphatic rings. The van der Waals surface area contributed by atoms with Gasteiger partial charge in [0.1, 0.15) is 11.6 Å². The average molecular weight is 402 g/mol. The summed E-state index contributed by atoms with van der Waals surface area (Å²) in [6.45, 7) is 0. The molecule has 0 fully saturated rings. The summed E-state index contributed by atoms with van der Waals surface area (Å²) >= 11 is 13.8. The number of hydrogen-bond donors (Lipinski definition) is 0. The van der Waals surface area contributed by atoms with Gasteiger partial charge < -0.3 is 0 Å². The Kier molecular flexibility index (Phi) is 4.23. The maximum atomic E-state index is 13.6. The fourth-order valence-electron chi connectivity index (χ4n) is 1.38. The van der Waals surface area contributed by atoms with Gasteiger partial charge >= 0.3 is 0 Å². The van der Waals surface area contributed by atoms with Crippen molar-refractivity contribution in [3.05, 3.63) is 55.1 Å². The molecule has 6 heteroatoms. The van der Waals surface area contributed by atoms with E-state index < -0.39 is 16.5 Å². The van der Waals surface area contributed by atoms with Gasteiger partial charge in [0.15, 0.2) is 0 Å². The Balaban J connectivity index is 2.47. The summed E-state index contributed by atoms with van der Waals surface area (Å²) in [6.07, 6.45) is 0. The molecular weight excluding hydrogens is 397 g/mol. The monoisotopic (exact) mass is 400 g/mol. The van der Waals surface area contributed by atoms with Crippen LogP contribution in [0.3, 0.4) is 0 Å². The van der Waals surface area contributed by atoms with Crippen LogP contribution in [0.5, 0.6) is 0 Å². The average Bonchev–Trinajstić information content (AvgIpc) is 2.59. The van der Waals surface area contributed by atoms with Gasteiger partial charge in [0.05, 0.1) is 13.6 Å². The molecule has 0 nitrogen and oxygen atoms in total. The van der Waals surface area contributed by atoms with Crippen LogP contribution in [0.1, 0.15) is 15.3 Å². The lowest BCUT2D eigenvalue weighted by Crippen LogP contribution is -1.98. The predicted molar refractivity (Wildman–Crippen MR) is 74.2 cm³/mol. The Labute approximate surface area is 123 Å². The van der Waals surface area contributed by atoms with Crippen LogP contribution in [0.15, 0.2) is 28.1 Å². The van der Waals surface area contributed by atoms with Gasteiger partial charge in [-0.1, -0.05) is 33.6 Å². The minimum atomic E-state index is -0.576. The molecule has 17 heavy (non-hydrogen) atoms. The lowest BCUT2D eigenvalue weighted by molar-refractivity contribution is 0.561. The van der Waals surface area contributed by atoms with E-state index >= 15 is 0 Å². The van der Waals surface area contributed by atoms with Gasteiger partial charge in [-0.2, -0.15) is 0 Å². The third-order valence-corrected chi connectivity index (χ3v) is 5.96. The van der Waals surface area contributed by atoms with Crippen molar-refractivity contribution in [2.45, 2.75) is 4.83 Å². The molecule has 0 spiro atoms. The Morgan fingerprint density at radius 1 is 1.24 bits per heavy atom. The van der Waals surface area contributed by atoms with Crippen LogP contribution in [-0.4, -0.2) is 0 Å². The molecule has 0 aliphatic heterocycles. The highest BCUT2D eigenvalue weighted by molar-refractivity contribution is 9.11. The van der Waals surface area contributed by atoms with Crippen LogP contribution in [0.25, 0.3) is 0 Å². The summed E-state index contributed by atoms with van der Waals surface area (Å²) in [7, 11) is 0. The summed E-state index contributed by atoms with van der Waals surface area (Å²) in [6, 6.07) is 5.49. The Bertz CT molecular complexity index is 517. The summed E-state index contributed by atoms with van der Waals surface area (Å²) < 4.78 is 27.9. The van der Waals surface area contributed by atoms with Gasteiger partial charge in [-0.15, -0.1) is 11.3 Å². The van der Waals surface area contributed by atoms with E-state index in [9.17, 15) is 8.78 Å². The fraction of sp³-hybridized carbons (Fsp3) is 0.0909. The first kappa shape index (κ1) is 13.5. The highest BCUT2D eigenvalue weighted by atomic mass is 79.9. The molecule has 0 saturated heterocycles. The zero-order valence-corrected chi connectivity index (χ0v) is 12.9. The highest BCUT2D eigenvalue weighted by Crippen LogP contribution is 2.42. The third kappa shape index (κ3) is 2.72. The lowest BCUT2D eigenvalue weighted by atomic mass is 10.1. The maximum absolute atomic E-state index is 13.6. The summed E-state index contributed by atoms with van der Waals surface area (Å²) in [4.78, 5) is 0.198. The molecule has 2 aromatic rings. The summed E-state index contributed by atoms with van der Waals surface area (Å²) in [5.74, 6) is -1.15. The van der Waals surface area contributed by atoms with Gasteiger partial charge in [-0.05, 0) is 34.1 Å². The van der Waals surface area contributed by atoms with Crippen LogP contribution in [0, 0.1) is 11.6 Å². The first-order chi connectivity index (χ1) is 8.00. The number of halogens is 5. The van der Waals surface area contributed by atoms with E-state index in [2.05, 4.69) is 31.9 Å². The van der Waals surface area contributed by atoms with E-state index in [4.69, 9.17) is 11.6 Å². The Morgan fingerprint density at radius 3 is 2.29 bits per heavy atom. The normalized spacial score (nSPS) is 12.8. The van der Waals surface area contributed by atoms with E-state index in [1.807, 2.05) is 0 Å². The summed E-state index contributed by atoms with van der Waals surface area (Å²) in [5, 5.41) is 0.534. The second kappa shape index (κ2) is 5.34. The quantitative estimate of drug-likeness (QED) is 0.547. The van der Waals surface area contributed by atoms with Gasteiger partial charge in [-0.3, -0.25) is 0 Å². The highest BCUT2D eigenvalue weighted by Gasteiger charge is 2.21. The van der Waals surface area contributed by atoms with Crippen LogP contribution < -0.4 is 0 Å². The van der Waals surface area contributed by atoms with Crippen molar-refractivity contribution in [3.8, 4) is 0 Å². The largest absolute Gasteiger partial charge is 0.207 e. The smallest absolute Gasteiger partial charge is 0.130 e. The second-order valence-electron chi connectivity index (χ2n) is 3.27. The first-order valence-corrected chi connectivity index (χ1v) is 7.43. The number of benzene rings is 1. The van der Waals surface area contributed by atoms with Crippen molar-refractivity contribution in [2.24, 2.45) is 0 Å². The van der Waals surface area contributed by atoms with Gasteiger partial charge in [0.2, 0.25) is 0 Å². The van der Waals surface area contributed by atoms with E-state index in [0.717, 1.165) is 8.66 Å².